The fraction of sp³-hybridized carbons (Fsp3) is 0.571. The average Bonchev–Trinajstić information content (AvgIpc) is 4.02. The first kappa shape index (κ1) is 30.5. The number of carbonyl (C=O) groups excluding carboxylic acids is 4. The number of nitrogens with one attached hydrogen (secondary N) is 3. The summed E-state index contributed by atoms with van der Waals surface area (Å²) in [4.78, 5) is 61.3. The molecule has 1 aliphatic heterocycles. The normalized spacial score (nSPS) is 26.2. The van der Waals surface area contributed by atoms with Gasteiger partial charge in [0.05, 0.1) is 25.1 Å². The van der Waals surface area contributed by atoms with Crippen LogP contribution in [0, 0.1) is 11.3 Å². The van der Waals surface area contributed by atoms with Crippen LogP contribution in [-0.2, 0) is 29.1 Å². The summed E-state index contributed by atoms with van der Waals surface area (Å²) in [5.41, 5.74) is -5.81. The minimum atomic E-state index is -4.00. The maximum atomic E-state index is 14.6. The van der Waals surface area contributed by atoms with E-state index in [9.17, 15) is 27.6 Å². The van der Waals surface area contributed by atoms with E-state index in [-0.39, 0.29) is 25.3 Å². The van der Waals surface area contributed by atoms with Gasteiger partial charge in [-0.3, -0.25) is 19.1 Å². The summed E-state index contributed by atoms with van der Waals surface area (Å²) in [5.74, 6) is -2.80. The first-order valence-electron chi connectivity index (χ1n) is 19.3. The number of likely N-dealkylation sites (tertiary alicyclic amines) is 1. The van der Waals surface area contributed by atoms with Crippen molar-refractivity contribution in [2.75, 3.05) is 13.7 Å². The Kier molecular flexibility index (Phi) is 8.25. The summed E-state index contributed by atoms with van der Waals surface area (Å²) in [6.07, 6.45) is 1.01. The van der Waals surface area contributed by atoms with Gasteiger partial charge in [0.15, 0.2) is 0 Å². The molecule has 3 N–H and O–H groups in total. The third-order valence-corrected chi connectivity index (χ3v) is 11.1. The summed E-state index contributed by atoms with van der Waals surface area (Å²) in [6, 6.07) is 2.02. The minimum Gasteiger partial charge on any atom is -0.494 e. The van der Waals surface area contributed by atoms with E-state index in [0.29, 0.717) is 34.4 Å². The number of hydrogen-bond donors (Lipinski definition) is 3. The molecule has 3 fully saturated rings. The average molecular weight is 754 g/mol. The molecule has 14 nitrogen and oxygen atoms in total. The summed E-state index contributed by atoms with van der Waals surface area (Å²) in [7, 11) is -2.54. The van der Waals surface area contributed by atoms with Crippen LogP contribution in [0.2, 0.25) is 5.02 Å². The molecular weight excluding hydrogens is 702 g/mol. The quantitative estimate of drug-likeness (QED) is 0.285. The maximum absolute atomic E-state index is 14.6. The second kappa shape index (κ2) is 13.8. The summed E-state index contributed by atoms with van der Waals surface area (Å²) < 4.78 is 91.0. The van der Waals surface area contributed by atoms with E-state index in [1.807, 2.05) is 0 Å². The van der Waals surface area contributed by atoms with E-state index in [1.165, 1.54) is 19.4 Å². The molecule has 0 unspecified atom stereocenters. The Morgan fingerprint density at radius 1 is 1.18 bits per heavy atom. The number of carbonyl (C=O) groups is 4. The van der Waals surface area contributed by atoms with Crippen LogP contribution in [0.15, 0.2) is 37.1 Å². The van der Waals surface area contributed by atoms with E-state index in [4.69, 9.17) is 34.0 Å². The monoisotopic (exact) mass is 753 g/mol. The number of fused-ring (bicyclic) bond motifs is 1. The molecule has 4 amide bonds. The zero-order valence-corrected chi connectivity index (χ0v) is 30.4. The van der Waals surface area contributed by atoms with E-state index in [2.05, 4.69) is 26.9 Å². The first-order valence-corrected chi connectivity index (χ1v) is 18.2. The number of sulfonamides is 1. The van der Waals surface area contributed by atoms with Crippen molar-refractivity contribution in [1.82, 2.24) is 25.2 Å². The van der Waals surface area contributed by atoms with Crippen LogP contribution in [-0.4, -0.2) is 90.3 Å². The van der Waals surface area contributed by atoms with Crippen LogP contribution in [0.5, 0.6) is 11.6 Å². The highest BCUT2D eigenvalue weighted by Gasteiger charge is 2.62. The fourth-order valence-electron chi connectivity index (χ4n) is 6.12. The van der Waals surface area contributed by atoms with Crippen molar-refractivity contribution in [2.45, 2.75) is 102 Å². The minimum absolute atomic E-state index is 0.0289. The van der Waals surface area contributed by atoms with Gasteiger partial charge in [0, 0.05) is 36.4 Å². The number of halogens is 1. The molecule has 0 radical (unpaired) electrons. The Morgan fingerprint density at radius 2 is 1.88 bits per heavy atom. The molecular formula is C35H46ClN5O9S. The Labute approximate surface area is 311 Å². The molecule has 0 bridgehead atoms. The van der Waals surface area contributed by atoms with Crippen molar-refractivity contribution < 1.29 is 50.0 Å². The van der Waals surface area contributed by atoms with Crippen LogP contribution in [0.1, 0.15) is 75.3 Å². The molecule has 1 aromatic carbocycles. The van der Waals surface area contributed by atoms with Gasteiger partial charge in [-0.2, -0.15) is 0 Å². The van der Waals surface area contributed by atoms with E-state index < -0.39 is 93.5 Å². The van der Waals surface area contributed by atoms with E-state index in [1.54, 1.807) is 39.0 Å². The zero-order chi connectivity index (χ0) is 42.7. The molecule has 2 aliphatic carbocycles. The third-order valence-electron chi connectivity index (χ3n) is 9.04. The summed E-state index contributed by atoms with van der Waals surface area (Å²) in [5, 5.41) is 5.69. The first-order chi connectivity index (χ1) is 26.2. The predicted molar refractivity (Wildman–Crippen MR) is 190 cm³/mol. The largest absolute Gasteiger partial charge is 0.494 e. The lowest BCUT2D eigenvalue weighted by atomic mass is 9.85. The van der Waals surface area contributed by atoms with Crippen molar-refractivity contribution >= 4 is 56.2 Å². The maximum Gasteiger partial charge on any atom is 0.408 e. The summed E-state index contributed by atoms with van der Waals surface area (Å²) in [6.45, 7) is 2.28. The van der Waals surface area contributed by atoms with Gasteiger partial charge >= 0.3 is 6.09 Å². The smallest absolute Gasteiger partial charge is 0.408 e. The van der Waals surface area contributed by atoms with Crippen LogP contribution < -0.4 is 24.8 Å². The second-order valence-electron chi connectivity index (χ2n) is 14.4. The molecule has 1 aromatic heterocycles. The predicted octanol–water partition coefficient (Wildman–Crippen LogP) is 3.85. The highest BCUT2D eigenvalue weighted by Crippen LogP contribution is 2.45. The number of alkyl carbamates (subject to hydrolysis) is 1. The molecule has 278 valence electrons. The molecule has 2 saturated carbocycles. The zero-order valence-electron chi connectivity index (χ0n) is 34.9. The van der Waals surface area contributed by atoms with Crippen LogP contribution >= 0.6 is 11.6 Å². The molecule has 1 saturated heterocycles. The van der Waals surface area contributed by atoms with Crippen LogP contribution in [0.3, 0.4) is 0 Å². The highest BCUT2D eigenvalue weighted by molar-refractivity contribution is 7.91. The standard InChI is InChI=1S/C35H46ClN5O9S/c1-9-19-16-35(19,31(44)40-51(46,47)22-11-12-22)39-28(42)25-15-21(49-29-24-14-20(36)10-13-23(24)26(48-8)17-37-29)18-41(25)30(43)27(33(2,3)4)38-32(45)50-34(5,6)7/h9-10,13-14,17,19,21-22,25,27H,1,11-12,15-16,18H2,2-8H3,(H,38,45)(H,39,42)(H,40,44)/t19-,21-,25+,27-,35-/m1/s1/i5D3,6D3. The second-order valence-corrected chi connectivity index (χ2v) is 16.7. The number of benzene rings is 1. The molecule has 5 rings (SSSR count). The highest BCUT2D eigenvalue weighted by atomic mass is 35.5. The molecule has 16 heteroatoms. The molecule has 2 aromatic rings. The Balaban J connectivity index is 1.48. The third kappa shape index (κ3) is 8.35. The lowest BCUT2D eigenvalue weighted by molar-refractivity contribution is -0.143. The van der Waals surface area contributed by atoms with Gasteiger partial charge in [0.25, 0.3) is 5.91 Å². The van der Waals surface area contributed by atoms with Crippen molar-refractivity contribution in [3.8, 4) is 11.6 Å². The number of rotatable bonds is 11. The van der Waals surface area contributed by atoms with Crippen LogP contribution in [0.4, 0.5) is 4.79 Å². The van der Waals surface area contributed by atoms with Crippen molar-refractivity contribution in [2.24, 2.45) is 11.3 Å². The number of ether oxygens (including phenoxy) is 3. The molecule has 0 spiro atoms. The lowest BCUT2D eigenvalue weighted by Gasteiger charge is -2.36. The van der Waals surface area contributed by atoms with Gasteiger partial charge in [0.1, 0.15) is 35.1 Å². The number of nitrogens with zero attached hydrogens (tertiary/aromatic N) is 2. The van der Waals surface area contributed by atoms with Crippen molar-refractivity contribution in [3.05, 3.63) is 42.1 Å². The van der Waals surface area contributed by atoms with Gasteiger partial charge < -0.3 is 29.7 Å². The number of pyridine rings is 1. The molecule has 2 heterocycles. The topological polar surface area (TPSA) is 182 Å². The number of amides is 4. The van der Waals surface area contributed by atoms with Crippen molar-refractivity contribution in [3.63, 3.8) is 0 Å². The van der Waals surface area contributed by atoms with Gasteiger partial charge in [-0.1, -0.05) is 38.4 Å². The Morgan fingerprint density at radius 3 is 2.47 bits per heavy atom. The SMILES string of the molecule is [2H]C([2H])([2H])C(C)(OC(=O)N[C@H](C(=O)N1C[C@H](Oc2ncc(OC)c3ccc(Cl)cc23)C[C@H]1C(=O)N[C@]1(C(=O)NS(=O)(=O)C2CC2)C[C@H]1C=C)C(C)(C)C)C([2H])([2H])[2H]. The Bertz CT molecular complexity index is 2060. The van der Waals surface area contributed by atoms with E-state index >= 15 is 0 Å². The number of hydrogen-bond acceptors (Lipinski definition) is 10. The van der Waals surface area contributed by atoms with Gasteiger partial charge in [-0.25, -0.2) is 18.2 Å². The molecule has 3 aliphatic rings. The van der Waals surface area contributed by atoms with Crippen LogP contribution in [0.25, 0.3) is 10.8 Å². The number of methoxy groups -OCH3 is 1. The molecule has 51 heavy (non-hydrogen) atoms. The van der Waals surface area contributed by atoms with Crippen molar-refractivity contribution in [1.29, 1.82) is 0 Å². The van der Waals surface area contributed by atoms with Gasteiger partial charge in [0.2, 0.25) is 27.7 Å². The van der Waals surface area contributed by atoms with E-state index in [0.717, 1.165) is 11.8 Å². The van der Waals surface area contributed by atoms with Gasteiger partial charge in [-0.05, 0) is 63.5 Å². The Hall–Kier alpha value is -4.11. The molecule has 5 atom stereocenters. The lowest BCUT2D eigenvalue weighted by Crippen LogP contribution is -2.60. The summed E-state index contributed by atoms with van der Waals surface area (Å²) >= 11 is 6.30. The van der Waals surface area contributed by atoms with Gasteiger partial charge in [-0.15, -0.1) is 6.58 Å². The number of aromatic nitrogens is 1. The fourth-order valence-corrected chi connectivity index (χ4v) is 7.66.